The van der Waals surface area contributed by atoms with E-state index in [2.05, 4.69) is 0 Å². The van der Waals surface area contributed by atoms with Crippen molar-refractivity contribution in [3.05, 3.63) is 0 Å². The van der Waals surface area contributed by atoms with Gasteiger partial charge in [0.2, 0.25) is 0 Å². The van der Waals surface area contributed by atoms with Crippen LogP contribution in [0.5, 0.6) is 0 Å². The molecule has 0 radical (unpaired) electrons. The van der Waals surface area contributed by atoms with E-state index >= 15 is 0 Å². The Hall–Kier alpha value is -0.160. The van der Waals surface area contributed by atoms with Crippen molar-refractivity contribution in [1.82, 2.24) is 0 Å². The van der Waals surface area contributed by atoms with Gasteiger partial charge in [-0.15, -0.1) is 0 Å². The van der Waals surface area contributed by atoms with Crippen LogP contribution in [0, 0.1) is 5.92 Å². The van der Waals surface area contributed by atoms with E-state index in [1.165, 1.54) is 0 Å². The van der Waals surface area contributed by atoms with Gasteiger partial charge >= 0.3 is 0 Å². The standard InChI is InChI=1S/C6H13NO3/c1-2-3(7)5(9)6(10)4(2)8/h2-6,8-10H,7H2,1H3/t2?,3?,4?,5?,6-/m1/s1. The number of rotatable bonds is 0. The molecule has 5 atom stereocenters. The molecule has 0 saturated heterocycles. The highest BCUT2D eigenvalue weighted by molar-refractivity contribution is 4.98. The van der Waals surface area contributed by atoms with Crippen LogP contribution in [0.2, 0.25) is 0 Å². The van der Waals surface area contributed by atoms with E-state index in [-0.39, 0.29) is 5.92 Å². The molecular formula is C6H13NO3. The number of nitrogens with two attached hydrogens (primary N) is 1. The Morgan fingerprint density at radius 1 is 1.00 bits per heavy atom. The van der Waals surface area contributed by atoms with Gasteiger partial charge in [0.25, 0.3) is 0 Å². The minimum atomic E-state index is -1.08. The van der Waals surface area contributed by atoms with Crippen LogP contribution in [-0.4, -0.2) is 39.7 Å². The lowest BCUT2D eigenvalue weighted by Crippen LogP contribution is -2.37. The zero-order valence-electron chi connectivity index (χ0n) is 5.81. The van der Waals surface area contributed by atoms with Gasteiger partial charge in [-0.25, -0.2) is 0 Å². The molecular weight excluding hydrogens is 134 g/mol. The molecule has 4 heteroatoms. The zero-order chi connectivity index (χ0) is 7.89. The van der Waals surface area contributed by atoms with Crippen molar-refractivity contribution in [2.24, 2.45) is 11.7 Å². The van der Waals surface area contributed by atoms with Crippen molar-refractivity contribution in [2.45, 2.75) is 31.3 Å². The summed E-state index contributed by atoms with van der Waals surface area (Å²) in [5, 5.41) is 27.2. The molecule has 0 bridgehead atoms. The third kappa shape index (κ3) is 0.932. The van der Waals surface area contributed by atoms with Gasteiger partial charge in [0.05, 0.1) is 12.2 Å². The maximum absolute atomic E-state index is 9.12. The molecule has 10 heavy (non-hydrogen) atoms. The predicted octanol–water partition coefficient (Wildman–Crippen LogP) is -1.95. The third-order valence-corrected chi connectivity index (χ3v) is 2.24. The Kier molecular flexibility index (Phi) is 1.96. The quantitative estimate of drug-likeness (QED) is 0.320. The lowest BCUT2D eigenvalue weighted by atomic mass is 10.1. The normalized spacial score (nSPS) is 55.5. The first-order valence-electron chi connectivity index (χ1n) is 3.35. The van der Waals surface area contributed by atoms with Gasteiger partial charge in [-0.2, -0.15) is 0 Å². The van der Waals surface area contributed by atoms with Gasteiger partial charge in [-0.1, -0.05) is 6.92 Å². The minimum absolute atomic E-state index is 0.231. The lowest BCUT2D eigenvalue weighted by Gasteiger charge is -2.12. The van der Waals surface area contributed by atoms with Crippen LogP contribution in [0.3, 0.4) is 0 Å². The maximum Gasteiger partial charge on any atom is 0.108 e. The van der Waals surface area contributed by atoms with Gasteiger partial charge < -0.3 is 21.1 Å². The topological polar surface area (TPSA) is 86.7 Å². The molecule has 60 valence electrons. The fraction of sp³-hybridized carbons (Fsp3) is 1.00. The molecule has 0 amide bonds. The van der Waals surface area contributed by atoms with Gasteiger partial charge in [0.15, 0.2) is 0 Å². The molecule has 0 aromatic carbocycles. The van der Waals surface area contributed by atoms with Crippen LogP contribution in [0.15, 0.2) is 0 Å². The summed E-state index contributed by atoms with van der Waals surface area (Å²) in [6.07, 6.45) is -2.94. The second-order valence-corrected chi connectivity index (χ2v) is 2.91. The van der Waals surface area contributed by atoms with Crippen LogP contribution >= 0.6 is 0 Å². The summed E-state index contributed by atoms with van der Waals surface area (Å²) < 4.78 is 0. The summed E-state index contributed by atoms with van der Waals surface area (Å²) >= 11 is 0. The fourth-order valence-corrected chi connectivity index (χ4v) is 1.28. The second-order valence-electron chi connectivity index (χ2n) is 2.91. The summed E-state index contributed by atoms with van der Waals surface area (Å²) in [5.74, 6) is -0.231. The Morgan fingerprint density at radius 2 is 1.50 bits per heavy atom. The molecule has 0 aromatic rings. The van der Waals surface area contributed by atoms with E-state index in [9.17, 15) is 0 Å². The van der Waals surface area contributed by atoms with E-state index < -0.39 is 24.4 Å². The van der Waals surface area contributed by atoms with E-state index in [1.807, 2.05) is 0 Å². The van der Waals surface area contributed by atoms with Crippen LogP contribution < -0.4 is 5.73 Å². The molecule has 0 aliphatic heterocycles. The van der Waals surface area contributed by atoms with Crippen LogP contribution in [0.4, 0.5) is 0 Å². The number of aliphatic hydroxyl groups excluding tert-OH is 3. The van der Waals surface area contributed by atoms with Crippen molar-refractivity contribution in [2.75, 3.05) is 0 Å². The zero-order valence-corrected chi connectivity index (χ0v) is 5.81. The first kappa shape index (κ1) is 7.94. The summed E-state index contributed by atoms with van der Waals surface area (Å²) in [6, 6.07) is -0.509. The smallest absolute Gasteiger partial charge is 0.108 e. The highest BCUT2D eigenvalue weighted by Crippen LogP contribution is 2.24. The van der Waals surface area contributed by atoms with Crippen molar-refractivity contribution < 1.29 is 15.3 Å². The van der Waals surface area contributed by atoms with Gasteiger partial charge in [0, 0.05) is 12.0 Å². The molecule has 4 nitrogen and oxygen atoms in total. The minimum Gasteiger partial charge on any atom is -0.390 e. The molecule has 1 aliphatic carbocycles. The van der Waals surface area contributed by atoms with Gasteiger partial charge in [-0.3, -0.25) is 0 Å². The molecule has 0 heterocycles. The molecule has 1 rings (SSSR count). The third-order valence-electron chi connectivity index (χ3n) is 2.24. The lowest BCUT2D eigenvalue weighted by molar-refractivity contribution is -0.0257. The number of hydrogen-bond donors (Lipinski definition) is 4. The van der Waals surface area contributed by atoms with Crippen LogP contribution in [0.1, 0.15) is 6.92 Å². The van der Waals surface area contributed by atoms with Crippen LogP contribution in [0.25, 0.3) is 0 Å². The average molecular weight is 147 g/mol. The Labute approximate surface area is 59.3 Å². The van der Waals surface area contributed by atoms with E-state index in [0.29, 0.717) is 0 Å². The summed E-state index contributed by atoms with van der Waals surface area (Å²) in [6.45, 7) is 1.70. The Balaban J connectivity index is 2.68. The monoisotopic (exact) mass is 147 g/mol. The van der Waals surface area contributed by atoms with Crippen molar-refractivity contribution >= 4 is 0 Å². The highest BCUT2D eigenvalue weighted by Gasteiger charge is 2.44. The molecule has 1 aliphatic rings. The number of hydrogen-bond acceptors (Lipinski definition) is 4. The van der Waals surface area contributed by atoms with Gasteiger partial charge in [-0.05, 0) is 0 Å². The van der Waals surface area contributed by atoms with Crippen molar-refractivity contribution in [3.8, 4) is 0 Å². The summed E-state index contributed by atoms with van der Waals surface area (Å²) in [7, 11) is 0. The fourth-order valence-electron chi connectivity index (χ4n) is 1.28. The van der Waals surface area contributed by atoms with E-state index in [1.54, 1.807) is 6.92 Å². The number of aliphatic hydroxyl groups is 3. The van der Waals surface area contributed by atoms with E-state index in [4.69, 9.17) is 21.1 Å². The Bertz CT molecular complexity index is 85.3. The molecule has 4 unspecified atom stereocenters. The molecule has 0 aromatic heterocycles. The van der Waals surface area contributed by atoms with Crippen molar-refractivity contribution in [1.29, 1.82) is 0 Å². The first-order valence-corrected chi connectivity index (χ1v) is 3.35. The second kappa shape index (κ2) is 2.47. The highest BCUT2D eigenvalue weighted by atomic mass is 16.4. The molecule has 5 N–H and O–H groups in total. The average Bonchev–Trinajstić information content (AvgIpc) is 2.07. The first-order chi connectivity index (χ1) is 4.55. The summed E-state index contributed by atoms with van der Waals surface area (Å²) in [4.78, 5) is 0. The predicted molar refractivity (Wildman–Crippen MR) is 35.2 cm³/mol. The van der Waals surface area contributed by atoms with E-state index in [0.717, 1.165) is 0 Å². The molecule has 1 saturated carbocycles. The van der Waals surface area contributed by atoms with Crippen LogP contribution in [-0.2, 0) is 0 Å². The van der Waals surface area contributed by atoms with Crippen molar-refractivity contribution in [3.63, 3.8) is 0 Å². The molecule has 1 fully saturated rings. The summed E-state index contributed by atoms with van der Waals surface area (Å²) in [5.41, 5.74) is 5.43. The molecule has 0 spiro atoms. The SMILES string of the molecule is CC1C(N)C(O)[C@H](O)C1O. The maximum atomic E-state index is 9.12. The Morgan fingerprint density at radius 3 is 1.60 bits per heavy atom. The largest absolute Gasteiger partial charge is 0.390 e. The van der Waals surface area contributed by atoms with Gasteiger partial charge in [0.1, 0.15) is 6.10 Å².